The molecule has 1 amide bonds. The van der Waals surface area contributed by atoms with Gasteiger partial charge in [-0.2, -0.15) is 0 Å². The van der Waals surface area contributed by atoms with E-state index in [9.17, 15) is 9.59 Å². The number of amides is 1. The third-order valence-corrected chi connectivity index (χ3v) is 18.1. The number of hydrogen-bond donors (Lipinski definition) is 0. The molecule has 6 heteroatoms. The first-order chi connectivity index (χ1) is 18.6. The van der Waals surface area contributed by atoms with Gasteiger partial charge in [-0.05, 0) is 0 Å². The molecule has 1 fully saturated rings. The Kier molecular flexibility index (Phi) is 7.26. The molecule has 0 radical (unpaired) electrons. The first-order valence-corrected chi connectivity index (χ1v) is 17.5. The van der Waals surface area contributed by atoms with Gasteiger partial charge in [-0.25, -0.2) is 0 Å². The topological polar surface area (TPSA) is 46.6 Å². The van der Waals surface area contributed by atoms with Gasteiger partial charge in [0.15, 0.2) is 0 Å². The van der Waals surface area contributed by atoms with Gasteiger partial charge in [-0.3, -0.25) is 0 Å². The summed E-state index contributed by atoms with van der Waals surface area (Å²) < 4.78 is 5.59. The van der Waals surface area contributed by atoms with Gasteiger partial charge in [0.05, 0.1) is 0 Å². The standard InChI is InChI=1S/C33H33BrNO3P/c1-33(2,3)38-32(37)25-14-13-15-26(24-25)35-23-22-30(31(35)36)39(34,27-16-7-4-8-17-27,28-18-9-5-10-19-28)29-20-11-6-12-21-29/h4-21,24,30H,22-23H2,1-3H3. The first-order valence-electron chi connectivity index (χ1n) is 13.2. The summed E-state index contributed by atoms with van der Waals surface area (Å²) in [5.74, 6) is -0.354. The summed E-state index contributed by atoms with van der Waals surface area (Å²) >= 11 is 4.46. The molecule has 1 aliphatic heterocycles. The van der Waals surface area contributed by atoms with E-state index in [0.29, 0.717) is 24.2 Å². The molecule has 0 saturated carbocycles. The number of rotatable bonds is 6. The van der Waals surface area contributed by atoms with Crippen LogP contribution in [0.5, 0.6) is 0 Å². The van der Waals surface area contributed by atoms with Crippen LogP contribution in [0.25, 0.3) is 0 Å². The van der Waals surface area contributed by atoms with Crippen molar-refractivity contribution in [2.75, 3.05) is 11.4 Å². The summed E-state index contributed by atoms with van der Waals surface area (Å²) in [5, 5.41) is -0.152. The van der Waals surface area contributed by atoms with E-state index in [2.05, 4.69) is 51.9 Å². The van der Waals surface area contributed by atoms with Crippen LogP contribution in [-0.2, 0) is 9.53 Å². The summed E-state index contributed by atoms with van der Waals surface area (Å²) in [5.41, 5.74) is 0.200. The molecule has 4 aromatic rings. The van der Waals surface area contributed by atoms with E-state index in [0.717, 1.165) is 15.9 Å². The van der Waals surface area contributed by atoms with E-state index in [1.54, 1.807) is 12.1 Å². The predicted molar refractivity (Wildman–Crippen MR) is 166 cm³/mol. The monoisotopic (exact) mass is 601 g/mol. The van der Waals surface area contributed by atoms with E-state index in [1.807, 2.05) is 92.4 Å². The van der Waals surface area contributed by atoms with Crippen LogP contribution >= 0.6 is 20.8 Å². The number of hydrogen-bond acceptors (Lipinski definition) is 3. The fourth-order valence-electron chi connectivity index (χ4n) is 5.65. The summed E-state index contributed by atoms with van der Waals surface area (Å²) in [6.45, 7) is 6.09. The van der Waals surface area contributed by atoms with Crippen molar-refractivity contribution in [3.63, 3.8) is 0 Å². The molecule has 4 aromatic carbocycles. The Morgan fingerprint density at radius 3 is 1.74 bits per heavy atom. The molecule has 4 nitrogen and oxygen atoms in total. The van der Waals surface area contributed by atoms with Gasteiger partial charge >= 0.3 is 239 Å². The predicted octanol–water partition coefficient (Wildman–Crippen LogP) is 6.59. The Morgan fingerprint density at radius 2 is 1.28 bits per heavy atom. The maximum atomic E-state index is 14.6. The van der Waals surface area contributed by atoms with Gasteiger partial charge < -0.3 is 0 Å². The number of ether oxygens (including phenoxy) is 1. The number of halogens is 1. The minimum atomic E-state index is -3.49. The molecule has 0 bridgehead atoms. The van der Waals surface area contributed by atoms with Crippen LogP contribution in [-0.4, -0.2) is 29.7 Å². The van der Waals surface area contributed by atoms with Crippen LogP contribution in [0.4, 0.5) is 5.69 Å². The zero-order valence-corrected chi connectivity index (χ0v) is 24.9. The average molecular weight is 603 g/mol. The van der Waals surface area contributed by atoms with Crippen molar-refractivity contribution >= 4 is 54.3 Å². The Bertz CT molecular complexity index is 1390. The number of carbonyl (C=O) groups is 2. The van der Waals surface area contributed by atoms with Crippen molar-refractivity contribution in [1.29, 1.82) is 0 Å². The van der Waals surface area contributed by atoms with Crippen molar-refractivity contribution in [2.45, 2.75) is 38.5 Å². The fourth-order valence-corrected chi connectivity index (χ4v) is 14.3. The number of anilines is 1. The molecule has 1 unspecified atom stereocenters. The van der Waals surface area contributed by atoms with Crippen LogP contribution in [0.15, 0.2) is 115 Å². The van der Waals surface area contributed by atoms with Crippen LogP contribution in [0.3, 0.4) is 0 Å². The molecule has 0 aromatic heterocycles. The summed E-state index contributed by atoms with van der Waals surface area (Å²) in [7, 11) is 0. The van der Waals surface area contributed by atoms with Gasteiger partial charge in [-0.1, -0.05) is 0 Å². The minimum absolute atomic E-state index is 0.0439. The summed E-state index contributed by atoms with van der Waals surface area (Å²) in [6.07, 6.45) is 0.664. The molecule has 1 aliphatic rings. The SMILES string of the molecule is CC(C)(C)OC(=O)c1cccc(N2CCC(P(Br)(c3ccccc3)(c3ccccc3)c3ccccc3)C2=O)c1. The first kappa shape index (κ1) is 27.3. The van der Waals surface area contributed by atoms with Crippen LogP contribution in [0, 0.1) is 0 Å². The number of nitrogens with zero attached hydrogens (tertiary/aromatic N) is 1. The van der Waals surface area contributed by atoms with Gasteiger partial charge in [0.1, 0.15) is 0 Å². The third kappa shape index (κ3) is 4.73. The van der Waals surface area contributed by atoms with E-state index in [4.69, 9.17) is 4.74 Å². The molecule has 1 atom stereocenters. The molecule has 1 heterocycles. The maximum absolute atomic E-state index is 14.6. The quantitative estimate of drug-likeness (QED) is 0.185. The Hall–Kier alpha value is -3.27. The molecule has 5 rings (SSSR count). The van der Waals surface area contributed by atoms with Gasteiger partial charge in [-0.15, -0.1) is 0 Å². The fraction of sp³-hybridized carbons (Fsp3) is 0.212. The van der Waals surface area contributed by atoms with Crippen molar-refractivity contribution in [2.24, 2.45) is 0 Å². The molecule has 200 valence electrons. The summed E-state index contributed by atoms with van der Waals surface area (Å²) in [4.78, 5) is 29.2. The zero-order chi connectivity index (χ0) is 27.7. The Morgan fingerprint density at radius 1 is 0.795 bits per heavy atom. The van der Waals surface area contributed by atoms with Crippen molar-refractivity contribution in [3.8, 4) is 0 Å². The normalized spacial score (nSPS) is 16.9. The second kappa shape index (κ2) is 10.4. The van der Waals surface area contributed by atoms with Gasteiger partial charge in [0.25, 0.3) is 0 Å². The number of carbonyl (C=O) groups excluding carboxylic acids is 2. The van der Waals surface area contributed by atoms with E-state index >= 15 is 0 Å². The zero-order valence-electron chi connectivity index (χ0n) is 22.5. The Labute approximate surface area is 238 Å². The van der Waals surface area contributed by atoms with Crippen molar-refractivity contribution < 1.29 is 14.3 Å². The molecule has 0 aliphatic carbocycles. The van der Waals surface area contributed by atoms with Crippen LogP contribution in [0.1, 0.15) is 37.6 Å². The second-order valence-corrected chi connectivity index (χ2v) is 19.7. The number of esters is 1. The molecule has 39 heavy (non-hydrogen) atoms. The molecular formula is C33H33BrNO3P. The van der Waals surface area contributed by atoms with E-state index in [1.165, 1.54) is 0 Å². The van der Waals surface area contributed by atoms with Crippen molar-refractivity contribution in [1.82, 2.24) is 0 Å². The second-order valence-electron chi connectivity index (χ2n) is 10.9. The summed E-state index contributed by atoms with van der Waals surface area (Å²) in [6, 6.07) is 38.4. The Balaban J connectivity index is 1.66. The average Bonchev–Trinajstić information content (AvgIpc) is 3.35. The van der Waals surface area contributed by atoms with E-state index < -0.39 is 16.9 Å². The number of benzene rings is 4. The molecule has 0 spiro atoms. The molecule has 1 saturated heterocycles. The van der Waals surface area contributed by atoms with E-state index in [-0.39, 0.29) is 11.6 Å². The van der Waals surface area contributed by atoms with Crippen LogP contribution < -0.4 is 20.8 Å². The van der Waals surface area contributed by atoms with Gasteiger partial charge in [0, 0.05) is 0 Å². The molecule has 0 N–H and O–H groups in total. The van der Waals surface area contributed by atoms with Crippen molar-refractivity contribution in [3.05, 3.63) is 121 Å². The molecular weight excluding hydrogens is 569 g/mol. The van der Waals surface area contributed by atoms with Gasteiger partial charge in [0.2, 0.25) is 0 Å². The third-order valence-electron chi connectivity index (χ3n) is 7.34. The van der Waals surface area contributed by atoms with Crippen LogP contribution in [0.2, 0.25) is 0 Å².